The number of benzene rings is 1. The van der Waals surface area contributed by atoms with Gasteiger partial charge in [0.2, 0.25) is 5.89 Å². The van der Waals surface area contributed by atoms with Gasteiger partial charge in [-0.3, -0.25) is 9.48 Å². The number of carbonyl (C=O) groups is 1. The first-order chi connectivity index (χ1) is 15.8. The summed E-state index contributed by atoms with van der Waals surface area (Å²) in [5.74, 6) is -0.183. The maximum Gasteiger partial charge on any atom is 0.321 e. The molecule has 0 saturated heterocycles. The quantitative estimate of drug-likeness (QED) is 0.363. The van der Waals surface area contributed by atoms with Crippen molar-refractivity contribution in [1.29, 1.82) is 0 Å². The number of aliphatic hydroxyl groups is 1. The van der Waals surface area contributed by atoms with Crippen LogP contribution < -0.4 is 10.0 Å². The van der Waals surface area contributed by atoms with Gasteiger partial charge in [-0.25, -0.2) is 4.98 Å². The molecule has 4 aromatic rings. The summed E-state index contributed by atoms with van der Waals surface area (Å²) in [5, 5.41) is 31.1. The van der Waals surface area contributed by atoms with Crippen molar-refractivity contribution < 1.29 is 19.0 Å². The van der Waals surface area contributed by atoms with Crippen molar-refractivity contribution in [2.45, 2.75) is 51.2 Å². The zero-order valence-corrected chi connectivity index (χ0v) is 18.5. The molecule has 0 radical (unpaired) electrons. The molecule has 3 heterocycles. The van der Waals surface area contributed by atoms with Gasteiger partial charge in [-0.15, -0.1) is 0 Å². The molecule has 170 valence electrons. The van der Waals surface area contributed by atoms with E-state index in [2.05, 4.69) is 10.3 Å². The van der Waals surface area contributed by atoms with Crippen LogP contribution >= 0.6 is 0 Å². The van der Waals surface area contributed by atoms with Crippen LogP contribution in [0.15, 0.2) is 53.4 Å². The van der Waals surface area contributed by atoms with E-state index in [1.807, 2.05) is 29.9 Å². The van der Waals surface area contributed by atoms with Gasteiger partial charge in [-0.2, -0.15) is 9.83 Å². The number of aryl methyl sites for hydroxylation is 1. The fourth-order valence-electron chi connectivity index (χ4n) is 4.36. The van der Waals surface area contributed by atoms with E-state index in [0.717, 1.165) is 36.6 Å². The second-order valence-electron chi connectivity index (χ2n) is 8.93. The minimum atomic E-state index is -0.618. The minimum Gasteiger partial charge on any atom is -0.618 e. The molecule has 0 aliphatic heterocycles. The van der Waals surface area contributed by atoms with Crippen LogP contribution in [0.5, 0.6) is 0 Å². The van der Waals surface area contributed by atoms with E-state index >= 15 is 0 Å². The van der Waals surface area contributed by atoms with Gasteiger partial charge in [0.25, 0.3) is 5.69 Å². The molecule has 1 fully saturated rings. The number of carbonyl (C=O) groups excluding carboxylic acids is 1. The molecule has 5 rings (SSSR count). The van der Waals surface area contributed by atoms with Crippen LogP contribution in [-0.2, 0) is 0 Å². The summed E-state index contributed by atoms with van der Waals surface area (Å²) in [7, 11) is 0. The van der Waals surface area contributed by atoms with Gasteiger partial charge in [-0.1, -0.05) is 0 Å². The lowest BCUT2D eigenvalue weighted by molar-refractivity contribution is -0.614. The number of nitrogens with one attached hydrogen (secondary N) is 1. The number of rotatable bonds is 4. The summed E-state index contributed by atoms with van der Waals surface area (Å²) in [5.41, 5.74) is 1.60. The van der Waals surface area contributed by atoms with Crippen molar-refractivity contribution in [3.8, 4) is 11.5 Å². The molecule has 0 bridgehead atoms. The van der Waals surface area contributed by atoms with Crippen LogP contribution in [0.1, 0.15) is 54.8 Å². The lowest BCUT2D eigenvalue weighted by atomic mass is 9.84. The van der Waals surface area contributed by atoms with Gasteiger partial charge in [0.1, 0.15) is 6.26 Å². The van der Waals surface area contributed by atoms with E-state index in [-0.39, 0.29) is 11.7 Å². The average molecular weight is 447 g/mol. The Kier molecular flexibility index (Phi) is 5.13. The lowest BCUT2D eigenvalue weighted by Crippen LogP contribution is -2.39. The minimum absolute atomic E-state index is 0.00148. The maximum absolute atomic E-state index is 12.9. The van der Waals surface area contributed by atoms with E-state index in [9.17, 15) is 15.1 Å². The topological polar surface area (TPSA) is 120 Å². The van der Waals surface area contributed by atoms with E-state index in [1.165, 1.54) is 18.5 Å². The highest BCUT2D eigenvalue weighted by molar-refractivity contribution is 6.05. The summed E-state index contributed by atoms with van der Waals surface area (Å²) in [6.07, 6.45) is 8.08. The monoisotopic (exact) mass is 447 g/mol. The van der Waals surface area contributed by atoms with Crippen LogP contribution in [0.4, 0.5) is 5.69 Å². The Hall–Kier alpha value is -3.72. The normalized spacial score (nSPS) is 20.8. The predicted molar refractivity (Wildman–Crippen MR) is 121 cm³/mol. The Bertz CT molecular complexity index is 1320. The second kappa shape index (κ2) is 8.00. The van der Waals surface area contributed by atoms with E-state index in [4.69, 9.17) is 9.52 Å². The molecule has 1 aliphatic carbocycles. The van der Waals surface area contributed by atoms with E-state index in [0.29, 0.717) is 27.6 Å². The molecule has 1 saturated carbocycles. The van der Waals surface area contributed by atoms with Crippen molar-refractivity contribution >= 4 is 22.5 Å². The van der Waals surface area contributed by atoms with Crippen molar-refractivity contribution in [3.05, 3.63) is 65.6 Å². The number of fused-ring (bicyclic) bond motifs is 1. The first-order valence-electron chi connectivity index (χ1n) is 11.0. The standard InChI is InChI=1S/C24H25N5O4/c1-15-4-3-5-21(29(15)32)22(30)26-20-12-16-14-28(17-6-8-24(2,31)9-7-17)27-19(16)13-18(20)23-25-10-11-33-23/h3-5,10-14,17,31H,6-9H2,1-2H3,(H,26,30). The summed E-state index contributed by atoms with van der Waals surface area (Å²) >= 11 is 0. The third-order valence-electron chi connectivity index (χ3n) is 6.34. The Morgan fingerprint density at radius 1 is 1.33 bits per heavy atom. The number of anilines is 1. The highest BCUT2D eigenvalue weighted by atomic mass is 16.5. The molecule has 0 atom stereocenters. The fourth-order valence-corrected chi connectivity index (χ4v) is 4.36. The Morgan fingerprint density at radius 2 is 2.12 bits per heavy atom. The molecule has 9 heteroatoms. The molecule has 33 heavy (non-hydrogen) atoms. The molecule has 1 aliphatic rings. The summed E-state index contributed by atoms with van der Waals surface area (Å²) < 4.78 is 8.04. The Labute approximate surface area is 190 Å². The molecule has 1 aromatic carbocycles. The van der Waals surface area contributed by atoms with Crippen molar-refractivity contribution in [2.24, 2.45) is 0 Å². The van der Waals surface area contributed by atoms with Crippen molar-refractivity contribution in [3.63, 3.8) is 0 Å². The molecular weight excluding hydrogens is 422 g/mol. The highest BCUT2D eigenvalue weighted by Gasteiger charge is 2.30. The van der Waals surface area contributed by atoms with Gasteiger partial charge >= 0.3 is 5.91 Å². The summed E-state index contributed by atoms with van der Waals surface area (Å²) in [4.78, 5) is 17.2. The fraction of sp³-hybridized carbons (Fsp3) is 0.333. The third-order valence-corrected chi connectivity index (χ3v) is 6.34. The average Bonchev–Trinajstić information content (AvgIpc) is 3.44. The number of hydrogen-bond donors (Lipinski definition) is 2. The third kappa shape index (κ3) is 4.07. The van der Waals surface area contributed by atoms with Crippen LogP contribution in [0.2, 0.25) is 0 Å². The number of oxazole rings is 1. The zero-order chi connectivity index (χ0) is 23.2. The molecule has 0 spiro atoms. The zero-order valence-electron chi connectivity index (χ0n) is 18.5. The number of pyridine rings is 1. The lowest BCUT2D eigenvalue weighted by Gasteiger charge is -2.33. The first kappa shape index (κ1) is 21.1. The Balaban J connectivity index is 1.52. The molecule has 0 unspecified atom stereocenters. The van der Waals surface area contributed by atoms with Gasteiger partial charge in [0.15, 0.2) is 5.69 Å². The summed E-state index contributed by atoms with van der Waals surface area (Å²) in [6, 6.07) is 8.64. The predicted octanol–water partition coefficient (Wildman–Crippen LogP) is 3.75. The molecule has 3 aromatic heterocycles. The van der Waals surface area contributed by atoms with Crippen LogP contribution in [0, 0.1) is 12.1 Å². The SMILES string of the molecule is Cc1cccc(C(=O)Nc2cc3cn(C4CCC(C)(O)CC4)nc3cc2-c2ncco2)[n+]1[O-]. The van der Waals surface area contributed by atoms with Crippen molar-refractivity contribution in [1.82, 2.24) is 14.8 Å². The molecule has 9 nitrogen and oxygen atoms in total. The van der Waals surface area contributed by atoms with E-state index in [1.54, 1.807) is 19.1 Å². The molecule has 2 N–H and O–H groups in total. The van der Waals surface area contributed by atoms with Crippen LogP contribution in [0.25, 0.3) is 22.4 Å². The van der Waals surface area contributed by atoms with E-state index < -0.39 is 11.5 Å². The number of aromatic nitrogens is 4. The van der Waals surface area contributed by atoms with Gasteiger partial charge < -0.3 is 20.0 Å². The first-order valence-corrected chi connectivity index (χ1v) is 11.0. The van der Waals surface area contributed by atoms with Gasteiger partial charge in [0.05, 0.1) is 34.6 Å². The van der Waals surface area contributed by atoms with Crippen LogP contribution in [0.3, 0.4) is 0 Å². The van der Waals surface area contributed by atoms with Crippen LogP contribution in [-0.4, -0.2) is 31.4 Å². The summed E-state index contributed by atoms with van der Waals surface area (Å²) in [6.45, 7) is 3.52. The molecular formula is C24H25N5O4. The number of hydrogen-bond acceptors (Lipinski definition) is 6. The largest absolute Gasteiger partial charge is 0.618 e. The maximum atomic E-state index is 12.9. The molecule has 1 amide bonds. The smallest absolute Gasteiger partial charge is 0.321 e. The van der Waals surface area contributed by atoms with Crippen molar-refractivity contribution in [2.75, 3.05) is 5.32 Å². The van der Waals surface area contributed by atoms with Gasteiger partial charge in [0, 0.05) is 30.6 Å². The van der Waals surface area contributed by atoms with Gasteiger partial charge in [-0.05, 0) is 50.8 Å². The Morgan fingerprint density at radius 3 is 2.85 bits per heavy atom. The second-order valence-corrected chi connectivity index (χ2v) is 8.93. The number of amides is 1. The number of nitrogens with zero attached hydrogens (tertiary/aromatic N) is 4. The highest BCUT2D eigenvalue weighted by Crippen LogP contribution is 2.36.